The molecule has 6 aromatic carbocycles. The first-order valence-electron chi connectivity index (χ1n) is 14.5. The predicted molar refractivity (Wildman–Crippen MR) is 197 cm³/mol. The summed E-state index contributed by atoms with van der Waals surface area (Å²) in [6.45, 7) is 4.13. The zero-order chi connectivity index (χ0) is 33.0. The Morgan fingerprint density at radius 3 is 1.59 bits per heavy atom. The van der Waals surface area contributed by atoms with E-state index in [2.05, 4.69) is 147 Å². The molecule has 0 aromatic heterocycles. The van der Waals surface area contributed by atoms with Gasteiger partial charge in [0, 0.05) is 45.0 Å². The van der Waals surface area contributed by atoms with E-state index in [1.54, 1.807) is 0 Å². The number of aryl methyl sites for hydroxylation is 2. The highest BCUT2D eigenvalue weighted by Gasteiger charge is 2.26. The number of carbonyl (C=O) groups excluding carboxylic acids is 2. The maximum absolute atomic E-state index is 10.4. The number of carbonyl (C=O) groups is 2. The highest BCUT2D eigenvalue weighted by molar-refractivity contribution is 9.09. The summed E-state index contributed by atoms with van der Waals surface area (Å²) in [5, 5.41) is 29.3. The van der Waals surface area contributed by atoms with E-state index < -0.39 is 0 Å². The van der Waals surface area contributed by atoms with Crippen molar-refractivity contribution in [2.24, 2.45) is 0 Å². The Morgan fingerprint density at radius 2 is 1.04 bits per heavy atom. The lowest BCUT2D eigenvalue weighted by Crippen LogP contribution is -2.16. The molecule has 1 saturated heterocycles. The Hall–Kier alpha value is -4.08. The van der Waals surface area contributed by atoms with E-state index in [1.165, 1.54) is 22.3 Å². The minimum absolute atomic E-state index is 0.144. The average molecular weight is 798 g/mol. The molecule has 0 unspecified atom stereocenters. The maximum Gasteiger partial charge on any atom is 0.239 e. The minimum atomic E-state index is -0.144. The quantitative estimate of drug-likeness (QED) is 0.0756. The van der Waals surface area contributed by atoms with Crippen LogP contribution in [-0.4, -0.2) is 15.7 Å². The molecule has 1 aliphatic heterocycles. The number of nitriles is 2. The van der Waals surface area contributed by atoms with Crippen LogP contribution in [0.25, 0.3) is 43.1 Å². The van der Waals surface area contributed by atoms with Crippen molar-refractivity contribution in [1.29, 1.82) is 10.5 Å². The van der Waals surface area contributed by atoms with Crippen LogP contribution in [0.5, 0.6) is 0 Å². The second kappa shape index (κ2) is 14.6. The molecule has 0 saturated carbocycles. The molecular weight excluding hydrogens is 770 g/mol. The zero-order valence-corrected chi connectivity index (χ0v) is 30.0. The van der Waals surface area contributed by atoms with E-state index in [9.17, 15) is 20.1 Å². The normalized spacial score (nSPS) is 12.5. The van der Waals surface area contributed by atoms with Crippen LogP contribution in [0.3, 0.4) is 0 Å². The van der Waals surface area contributed by atoms with Crippen molar-refractivity contribution < 1.29 is 9.59 Å². The SMILES string of the molecule is Cc1ccc2c(C#N)c3cc(C)ccc3cc2c1.N#Cc1c2ccc(CBr)cc2cc2ccc(CBr)cc12.O=C1CCC(=O)N1Br. The average Bonchev–Trinajstić information content (AvgIpc) is 3.36. The van der Waals surface area contributed by atoms with Gasteiger partial charge in [-0.25, -0.2) is 3.93 Å². The van der Waals surface area contributed by atoms with Crippen LogP contribution in [0.15, 0.2) is 84.9 Å². The van der Waals surface area contributed by atoms with Gasteiger partial charge in [-0.3, -0.25) is 9.59 Å². The molecule has 5 nitrogen and oxygen atoms in total. The van der Waals surface area contributed by atoms with E-state index in [0.29, 0.717) is 12.8 Å². The molecule has 8 heteroatoms. The van der Waals surface area contributed by atoms with Crippen LogP contribution in [0.4, 0.5) is 0 Å². The first-order valence-corrected chi connectivity index (χ1v) is 17.5. The van der Waals surface area contributed by atoms with E-state index in [-0.39, 0.29) is 11.8 Å². The lowest BCUT2D eigenvalue weighted by atomic mass is 9.95. The van der Waals surface area contributed by atoms with Gasteiger partial charge in [-0.15, -0.1) is 0 Å². The van der Waals surface area contributed by atoms with Crippen LogP contribution in [0.1, 0.15) is 46.2 Å². The van der Waals surface area contributed by atoms with Crippen molar-refractivity contribution in [3.8, 4) is 12.1 Å². The smallest absolute Gasteiger partial charge is 0.239 e. The van der Waals surface area contributed by atoms with E-state index in [1.807, 2.05) is 12.1 Å². The Kier molecular flexibility index (Phi) is 10.5. The highest BCUT2D eigenvalue weighted by Crippen LogP contribution is 2.31. The number of benzene rings is 6. The van der Waals surface area contributed by atoms with Crippen LogP contribution in [0.2, 0.25) is 0 Å². The van der Waals surface area contributed by atoms with E-state index >= 15 is 0 Å². The molecule has 6 aromatic rings. The molecule has 1 fully saturated rings. The Bertz CT molecular complexity index is 2230. The van der Waals surface area contributed by atoms with Crippen molar-refractivity contribution in [2.75, 3.05) is 0 Å². The monoisotopic (exact) mass is 795 g/mol. The Morgan fingerprint density at radius 1 is 0.587 bits per heavy atom. The molecule has 0 radical (unpaired) electrons. The number of imide groups is 1. The lowest BCUT2D eigenvalue weighted by molar-refractivity contribution is -0.131. The molecule has 0 N–H and O–H groups in total. The van der Waals surface area contributed by atoms with E-state index in [0.717, 1.165) is 68.8 Å². The molecular formula is C38H28Br3N3O2. The summed E-state index contributed by atoms with van der Waals surface area (Å²) in [6, 6.07) is 34.1. The number of hydrogen-bond donors (Lipinski definition) is 0. The lowest BCUT2D eigenvalue weighted by Gasteiger charge is -2.08. The minimum Gasteiger partial charge on any atom is -0.274 e. The third-order valence-corrected chi connectivity index (χ3v) is 9.96. The van der Waals surface area contributed by atoms with Gasteiger partial charge in [0.15, 0.2) is 0 Å². The van der Waals surface area contributed by atoms with Gasteiger partial charge in [-0.1, -0.05) is 110 Å². The number of amides is 2. The van der Waals surface area contributed by atoms with Gasteiger partial charge in [-0.2, -0.15) is 10.5 Å². The summed E-state index contributed by atoms with van der Waals surface area (Å²) >= 11 is 9.75. The molecule has 46 heavy (non-hydrogen) atoms. The molecule has 1 heterocycles. The van der Waals surface area contributed by atoms with Gasteiger partial charge in [0.2, 0.25) is 11.8 Å². The summed E-state index contributed by atoms with van der Waals surface area (Å²) in [4.78, 5) is 20.9. The largest absolute Gasteiger partial charge is 0.274 e. The van der Waals surface area contributed by atoms with Crippen LogP contribution in [-0.2, 0) is 20.2 Å². The zero-order valence-electron chi connectivity index (χ0n) is 25.2. The first-order chi connectivity index (χ1) is 22.2. The third-order valence-electron chi connectivity index (χ3n) is 7.87. The number of hydrogen-bond acceptors (Lipinski definition) is 4. The van der Waals surface area contributed by atoms with Gasteiger partial charge < -0.3 is 0 Å². The molecule has 7 rings (SSSR count). The van der Waals surface area contributed by atoms with Crippen LogP contribution < -0.4 is 0 Å². The third kappa shape index (κ3) is 7.00. The van der Waals surface area contributed by atoms with Gasteiger partial charge >= 0.3 is 0 Å². The summed E-state index contributed by atoms with van der Waals surface area (Å²) in [5.41, 5.74) is 6.36. The fourth-order valence-electron chi connectivity index (χ4n) is 5.53. The molecule has 0 spiro atoms. The number of fused-ring (bicyclic) bond motifs is 4. The first kappa shape index (κ1) is 33.3. The Balaban J connectivity index is 0.000000148. The number of halogens is 3. The van der Waals surface area contributed by atoms with Crippen molar-refractivity contribution >= 4 is 103 Å². The summed E-state index contributed by atoms with van der Waals surface area (Å²) in [7, 11) is 0. The molecule has 228 valence electrons. The second-order valence-electron chi connectivity index (χ2n) is 11.1. The maximum atomic E-state index is 10.4. The van der Waals surface area contributed by atoms with Crippen LogP contribution >= 0.6 is 48.0 Å². The standard InChI is InChI=1S/C17H11Br2N.C17H13N.C4H4BrNO2/c18-8-11-2-4-15-14(5-11)7-13-3-1-12(9-19)6-16(13)17(15)10-20;1-11-4-6-15-14(7-11)9-13-5-3-12(2)8-16(13)17(15)10-18;5-6-3(7)1-2-4(6)8/h1-7H,8-9H2;3-9H,1-2H3;1-2H2. The number of nitrogens with zero attached hydrogens (tertiary/aromatic N) is 3. The number of rotatable bonds is 2. The van der Waals surface area contributed by atoms with E-state index in [4.69, 9.17) is 0 Å². The van der Waals surface area contributed by atoms with Crippen LogP contribution in [0, 0.1) is 36.5 Å². The fraction of sp³-hybridized carbons (Fsp3) is 0.158. The summed E-state index contributed by atoms with van der Waals surface area (Å²) in [5.74, 6) is -0.287. The summed E-state index contributed by atoms with van der Waals surface area (Å²) in [6.07, 6.45) is 0.703. The van der Waals surface area contributed by atoms with Gasteiger partial charge in [0.05, 0.1) is 27.3 Å². The summed E-state index contributed by atoms with van der Waals surface area (Å²) < 4.78 is 0.979. The van der Waals surface area contributed by atoms with Crippen molar-refractivity contribution in [3.05, 3.63) is 118 Å². The Labute approximate surface area is 293 Å². The van der Waals surface area contributed by atoms with Gasteiger partial charge in [0.1, 0.15) is 12.1 Å². The molecule has 0 bridgehead atoms. The topological polar surface area (TPSA) is 85.0 Å². The fourth-order valence-corrected chi connectivity index (χ4v) is 6.58. The van der Waals surface area contributed by atoms with Crippen molar-refractivity contribution in [2.45, 2.75) is 37.3 Å². The molecule has 2 amide bonds. The molecule has 0 atom stereocenters. The highest BCUT2D eigenvalue weighted by atomic mass is 79.9. The number of alkyl halides is 2. The predicted octanol–water partition coefficient (Wildman–Crippen LogP) is 10.6. The molecule has 0 aliphatic carbocycles. The van der Waals surface area contributed by atoms with Crippen molar-refractivity contribution in [3.63, 3.8) is 0 Å². The molecule has 1 aliphatic rings. The van der Waals surface area contributed by atoms with Crippen molar-refractivity contribution in [1.82, 2.24) is 3.93 Å². The van der Waals surface area contributed by atoms with Gasteiger partial charge in [-0.05, 0) is 64.7 Å². The van der Waals surface area contributed by atoms with Gasteiger partial charge in [0.25, 0.3) is 0 Å². The second-order valence-corrected chi connectivity index (χ2v) is 13.0.